The zero-order valence-electron chi connectivity index (χ0n) is 30.1. The van der Waals surface area contributed by atoms with Gasteiger partial charge in [-0.25, -0.2) is 0 Å². The Hall–Kier alpha value is -2.42. The number of aldehydes is 1. The lowest BCUT2D eigenvalue weighted by Crippen LogP contribution is -2.29. The Kier molecular flexibility index (Phi) is 45.7. The third kappa shape index (κ3) is 41.6. The number of allylic oxidation sites excluding steroid dienone is 10. The summed E-state index contributed by atoms with van der Waals surface area (Å²) in [5.41, 5.74) is -0.262. The molecule has 0 radical (unpaired) electrons. The van der Waals surface area contributed by atoms with Crippen LogP contribution in [0.15, 0.2) is 60.8 Å². The molecule has 8 heteroatoms. The molecule has 0 aromatic rings. The molecular formula is C37H68N2O5S. The third-order valence-electron chi connectivity index (χ3n) is 6.01. The number of carbonyl (C=O) groups is 3. The lowest BCUT2D eigenvalue weighted by atomic mass is 9.85. The second-order valence-electron chi connectivity index (χ2n) is 10.0. The van der Waals surface area contributed by atoms with Crippen LogP contribution >= 0.6 is 12.0 Å². The van der Waals surface area contributed by atoms with Gasteiger partial charge in [0, 0.05) is 31.7 Å². The average molecular weight is 653 g/mol. The summed E-state index contributed by atoms with van der Waals surface area (Å²) in [6, 6.07) is 0. The number of hydrogen-bond acceptors (Lipinski definition) is 7. The first-order valence-corrected chi connectivity index (χ1v) is 17.8. The molecular weight excluding hydrogens is 584 g/mol. The summed E-state index contributed by atoms with van der Waals surface area (Å²) in [6.07, 6.45) is 29.8. The van der Waals surface area contributed by atoms with Crippen LogP contribution < -0.4 is 10.6 Å². The number of aliphatic hydroxyl groups excluding tert-OH is 1. The van der Waals surface area contributed by atoms with Crippen molar-refractivity contribution in [2.75, 3.05) is 25.9 Å². The van der Waals surface area contributed by atoms with E-state index in [0.29, 0.717) is 38.0 Å². The van der Waals surface area contributed by atoms with Crippen LogP contribution in [0.25, 0.3) is 0 Å². The number of amides is 1. The van der Waals surface area contributed by atoms with Crippen molar-refractivity contribution in [1.82, 2.24) is 10.6 Å². The summed E-state index contributed by atoms with van der Waals surface area (Å²) in [7, 11) is 1.81. The monoisotopic (exact) mass is 652 g/mol. The van der Waals surface area contributed by atoms with Gasteiger partial charge in [-0.2, -0.15) is 0 Å². The maximum atomic E-state index is 11.7. The summed E-state index contributed by atoms with van der Waals surface area (Å²) < 4.78 is 5.10. The van der Waals surface area contributed by atoms with Gasteiger partial charge in [0.1, 0.15) is 12.4 Å². The minimum absolute atomic E-state index is 0.00309. The Bertz CT molecular complexity index is 805. The fraction of sp³-hybridized carbons (Fsp3) is 0.649. The fourth-order valence-corrected chi connectivity index (χ4v) is 3.32. The molecule has 0 spiro atoms. The minimum atomic E-state index is -0.817. The van der Waals surface area contributed by atoms with Crippen molar-refractivity contribution in [3.63, 3.8) is 0 Å². The summed E-state index contributed by atoms with van der Waals surface area (Å²) in [5.74, 6) is 0.360. The molecule has 1 atom stereocenters. The Labute approximate surface area is 281 Å². The number of aliphatic hydroxyl groups is 1. The SMILES string of the molecule is CC.CC.CC/C=C\C/C=C\C/C=C\C/C=C\C/C=C\CCCC(=O)OSCCNC(=O)CCNC.CCC(C)(C)[C@@H](O)C=O. The third-order valence-corrected chi connectivity index (χ3v) is 6.69. The predicted octanol–water partition coefficient (Wildman–Crippen LogP) is 8.86. The highest BCUT2D eigenvalue weighted by Gasteiger charge is 2.24. The van der Waals surface area contributed by atoms with Crippen LogP contribution in [0.2, 0.25) is 0 Å². The predicted molar refractivity (Wildman–Crippen MR) is 197 cm³/mol. The van der Waals surface area contributed by atoms with Crippen LogP contribution in [-0.4, -0.2) is 55.3 Å². The van der Waals surface area contributed by atoms with Crippen LogP contribution in [0.1, 0.15) is 120 Å². The summed E-state index contributed by atoms with van der Waals surface area (Å²) >= 11 is 1.10. The number of nitrogens with one attached hydrogen (secondary N) is 2. The molecule has 262 valence electrons. The Morgan fingerprint density at radius 1 is 0.800 bits per heavy atom. The molecule has 0 saturated carbocycles. The standard InChI is InChI=1S/C26H42N2O3S.C7H14O2.2C2H6/c1-3-4-5-6-7-8-9-10-11-12-13-14-15-16-17-18-19-20-26(30)31-32-24-23-28-25(29)21-22-27-2;1-4-7(2,3)6(9)5-8;2*1-2/h4-5,7-8,10-11,13-14,16-17,27H,3,6,9,12,15,18-24H2,1-2H3,(H,28,29);5-6,9H,4H2,1-3H3;2*1-2H3/b5-4-,8-7-,11-10-,14-13-,17-16-;;;/t;6-;;/m.0../s1. The van der Waals surface area contributed by atoms with Gasteiger partial charge in [0.15, 0.2) is 0 Å². The molecule has 3 N–H and O–H groups in total. The molecule has 0 aromatic carbocycles. The number of carbonyl (C=O) groups excluding carboxylic acids is 3. The summed E-state index contributed by atoms with van der Waals surface area (Å²) in [6.45, 7) is 17.0. The molecule has 0 rings (SSSR count). The quantitative estimate of drug-likeness (QED) is 0.0438. The van der Waals surface area contributed by atoms with Crippen LogP contribution in [0.4, 0.5) is 0 Å². The zero-order chi connectivity index (χ0) is 35.0. The van der Waals surface area contributed by atoms with Crippen molar-refractivity contribution >= 4 is 30.2 Å². The molecule has 0 aliphatic rings. The van der Waals surface area contributed by atoms with Gasteiger partial charge in [0.25, 0.3) is 0 Å². The Balaban J connectivity index is -0.000000544. The van der Waals surface area contributed by atoms with Gasteiger partial charge in [-0.15, -0.1) is 0 Å². The van der Waals surface area contributed by atoms with Crippen molar-refractivity contribution in [2.24, 2.45) is 5.41 Å². The number of rotatable bonds is 23. The molecule has 45 heavy (non-hydrogen) atoms. The molecule has 0 heterocycles. The smallest absolute Gasteiger partial charge is 0.317 e. The first-order chi connectivity index (χ1) is 21.7. The Morgan fingerprint density at radius 3 is 1.71 bits per heavy atom. The van der Waals surface area contributed by atoms with Crippen molar-refractivity contribution in [2.45, 2.75) is 126 Å². The topological polar surface area (TPSA) is 105 Å². The first-order valence-electron chi connectivity index (χ1n) is 16.9. The van der Waals surface area contributed by atoms with E-state index in [-0.39, 0.29) is 17.3 Å². The largest absolute Gasteiger partial charge is 0.391 e. The highest BCUT2D eigenvalue weighted by molar-refractivity contribution is 7.95. The normalized spacial score (nSPS) is 12.0. The van der Waals surface area contributed by atoms with Gasteiger partial charge < -0.3 is 24.7 Å². The van der Waals surface area contributed by atoms with Crippen molar-refractivity contribution in [3.05, 3.63) is 60.8 Å². The van der Waals surface area contributed by atoms with Gasteiger partial charge in [0.2, 0.25) is 5.91 Å². The molecule has 0 saturated heterocycles. The summed E-state index contributed by atoms with van der Waals surface area (Å²) in [4.78, 5) is 33.1. The van der Waals surface area contributed by atoms with Crippen molar-refractivity contribution in [1.29, 1.82) is 0 Å². The lowest BCUT2D eigenvalue weighted by Gasteiger charge is -2.24. The van der Waals surface area contributed by atoms with E-state index < -0.39 is 6.10 Å². The zero-order valence-corrected chi connectivity index (χ0v) is 30.9. The van der Waals surface area contributed by atoms with Gasteiger partial charge in [-0.1, -0.05) is 116 Å². The molecule has 7 nitrogen and oxygen atoms in total. The first kappa shape index (κ1) is 49.5. The van der Waals surface area contributed by atoms with Crippen LogP contribution in [0.5, 0.6) is 0 Å². The second kappa shape index (κ2) is 41.6. The highest BCUT2D eigenvalue weighted by atomic mass is 32.2. The van der Waals surface area contributed by atoms with Crippen LogP contribution in [0, 0.1) is 5.41 Å². The average Bonchev–Trinajstić information content (AvgIpc) is 3.06. The minimum Gasteiger partial charge on any atom is -0.391 e. The maximum absolute atomic E-state index is 11.7. The highest BCUT2D eigenvalue weighted by Crippen LogP contribution is 2.22. The fourth-order valence-electron chi connectivity index (χ4n) is 2.83. The molecule has 0 aliphatic heterocycles. The number of unbranched alkanes of at least 4 members (excludes halogenated alkanes) is 1. The van der Waals surface area contributed by atoms with Gasteiger partial charge >= 0.3 is 5.97 Å². The van der Waals surface area contributed by atoms with E-state index in [4.69, 9.17) is 9.29 Å². The van der Waals surface area contributed by atoms with Crippen molar-refractivity contribution < 1.29 is 23.7 Å². The van der Waals surface area contributed by atoms with Crippen LogP contribution in [0.3, 0.4) is 0 Å². The molecule has 0 bridgehead atoms. The number of hydrogen-bond donors (Lipinski definition) is 3. The molecule has 0 unspecified atom stereocenters. The second-order valence-corrected chi connectivity index (χ2v) is 10.8. The molecule has 0 aromatic heterocycles. The molecule has 1 amide bonds. The van der Waals surface area contributed by atoms with E-state index in [1.807, 2.05) is 55.5 Å². The lowest BCUT2D eigenvalue weighted by molar-refractivity contribution is -0.133. The van der Waals surface area contributed by atoms with E-state index in [9.17, 15) is 14.4 Å². The molecule has 0 aliphatic carbocycles. The van der Waals surface area contributed by atoms with E-state index in [1.54, 1.807) is 0 Å². The van der Waals surface area contributed by atoms with Gasteiger partial charge in [0.05, 0.1) is 12.0 Å². The van der Waals surface area contributed by atoms with Crippen LogP contribution in [-0.2, 0) is 18.6 Å². The summed E-state index contributed by atoms with van der Waals surface area (Å²) in [5, 5.41) is 14.7. The van der Waals surface area contributed by atoms with E-state index >= 15 is 0 Å². The van der Waals surface area contributed by atoms with E-state index in [0.717, 1.165) is 63.4 Å². The van der Waals surface area contributed by atoms with E-state index in [1.165, 1.54) is 0 Å². The maximum Gasteiger partial charge on any atom is 0.317 e. The van der Waals surface area contributed by atoms with E-state index in [2.05, 4.69) is 78.3 Å². The Morgan fingerprint density at radius 2 is 1.29 bits per heavy atom. The molecule has 0 fully saturated rings. The van der Waals surface area contributed by atoms with Gasteiger partial charge in [-0.3, -0.25) is 9.59 Å². The van der Waals surface area contributed by atoms with Crippen molar-refractivity contribution in [3.8, 4) is 0 Å². The van der Waals surface area contributed by atoms with Gasteiger partial charge in [-0.05, 0) is 63.8 Å².